The van der Waals surface area contributed by atoms with Gasteiger partial charge in [0, 0.05) is 17.7 Å². The van der Waals surface area contributed by atoms with Crippen molar-refractivity contribution in [3.8, 4) is 0 Å². The van der Waals surface area contributed by atoms with Crippen LogP contribution in [0, 0.1) is 0 Å². The first kappa shape index (κ1) is 48.8. The molecule has 21 nitrogen and oxygen atoms in total. The summed E-state index contributed by atoms with van der Waals surface area (Å²) < 4.78 is 17.1. The van der Waals surface area contributed by atoms with E-state index in [0.717, 1.165) is 0 Å². The Morgan fingerprint density at radius 2 is 1.44 bits per heavy atom. The summed E-state index contributed by atoms with van der Waals surface area (Å²) in [5.41, 5.74) is 6.47. The molecule has 1 unspecified atom stereocenters. The van der Waals surface area contributed by atoms with Gasteiger partial charge in [0.1, 0.15) is 6.04 Å². The Hall–Kier alpha value is -0.551. The Kier molecular flexibility index (Phi) is 24.9. The standard InChI is InChI=1S/C19H19N7O6.3Ca.2H3O4P/c20-19-25-15-14(17(30)26-19)23-11(8-22-15)7-21-10-3-1-9(2-4-10)16(29)24-12(18(31)32)5-6-13(27)28;;;;2*1-5(2,3)4/h1-4,8,12,21H,5-7H2,(H,24,29)(H,27,28)(H,31,32)(H3,20,22,25,26,30);;;;2*(H3,1,2,3,4)/q;3*+2;;/p-6. The monoisotopic (exact) mass is 751 g/mol. The third-order valence-corrected chi connectivity index (χ3v) is 4.36. The van der Waals surface area contributed by atoms with Crippen LogP contribution in [0.2, 0.25) is 0 Å². The van der Waals surface area contributed by atoms with Crippen molar-refractivity contribution < 1.29 is 63.1 Å². The summed E-state index contributed by atoms with van der Waals surface area (Å²) >= 11 is 0. The van der Waals surface area contributed by atoms with Gasteiger partial charge in [-0.05, 0) is 30.7 Å². The van der Waals surface area contributed by atoms with Gasteiger partial charge in [0.25, 0.3) is 11.5 Å². The van der Waals surface area contributed by atoms with E-state index < -0.39 is 45.1 Å². The molecule has 2 aromatic heterocycles. The van der Waals surface area contributed by atoms with Crippen molar-refractivity contribution in [2.75, 3.05) is 11.1 Å². The molecule has 0 fully saturated rings. The quantitative estimate of drug-likeness (QED) is 0.0873. The number of nitrogens with one attached hydrogen (secondary N) is 3. The van der Waals surface area contributed by atoms with E-state index in [1.165, 1.54) is 18.3 Å². The zero-order valence-electron chi connectivity index (χ0n) is 22.8. The molecule has 0 aliphatic carbocycles. The van der Waals surface area contributed by atoms with Gasteiger partial charge in [0.2, 0.25) is 5.95 Å². The van der Waals surface area contributed by atoms with Gasteiger partial charge in [-0.1, -0.05) is 0 Å². The number of carbonyl (C=O) groups is 3. The van der Waals surface area contributed by atoms with E-state index in [4.69, 9.17) is 54.4 Å². The zero-order valence-corrected chi connectivity index (χ0v) is 31.2. The molecule has 45 heavy (non-hydrogen) atoms. The van der Waals surface area contributed by atoms with Crippen LogP contribution in [0.15, 0.2) is 35.3 Å². The second-order valence-corrected chi connectivity index (χ2v) is 9.40. The maximum Gasteiger partial charge on any atom is 2.00 e. The number of aromatic nitrogens is 4. The molecular weight excluding hydrogens is 732 g/mol. The van der Waals surface area contributed by atoms with E-state index in [0.29, 0.717) is 11.4 Å². The fourth-order valence-electron chi connectivity index (χ4n) is 2.75. The molecule has 2 heterocycles. The number of H-pyrrole nitrogens is 1. The number of hydrogen-bond acceptors (Lipinski definition) is 17. The number of fused-ring (bicyclic) bond motifs is 1. The number of hydrogen-bond donors (Lipinski definition) is 6. The van der Waals surface area contributed by atoms with Crippen LogP contribution in [-0.4, -0.2) is 167 Å². The first-order valence-electron chi connectivity index (χ1n) is 10.8. The topological polar surface area (TPSA) is 386 Å². The fourth-order valence-corrected chi connectivity index (χ4v) is 2.75. The number of benzene rings is 1. The number of amides is 1. The Balaban J connectivity index is -0.00000118. The normalized spacial score (nSPS) is 10.9. The van der Waals surface area contributed by atoms with Crippen molar-refractivity contribution >= 4 is 170 Å². The molecule has 1 aromatic carbocycles. The van der Waals surface area contributed by atoms with Crippen LogP contribution < -0.4 is 51.3 Å². The van der Waals surface area contributed by atoms with E-state index in [9.17, 15) is 19.2 Å². The predicted octanol–water partition coefficient (Wildman–Crippen LogP) is -6.84. The summed E-state index contributed by atoms with van der Waals surface area (Å²) in [5, 5.41) is 23.2. The van der Waals surface area contributed by atoms with Gasteiger partial charge >= 0.3 is 125 Å². The number of nitrogens with zero attached hydrogens (tertiary/aromatic N) is 3. The molecule has 1 atom stereocenters. The zero-order chi connectivity index (χ0) is 32.3. The number of carbonyl (C=O) groups excluding carboxylic acids is 1. The van der Waals surface area contributed by atoms with Crippen molar-refractivity contribution in [3.05, 3.63) is 52.1 Å². The summed E-state index contributed by atoms with van der Waals surface area (Å²) in [5.74, 6) is -3.16. The van der Waals surface area contributed by atoms with Crippen LogP contribution in [0.3, 0.4) is 0 Å². The third-order valence-electron chi connectivity index (χ3n) is 4.36. The number of nitrogen functional groups attached to an aromatic ring is 1. The van der Waals surface area contributed by atoms with Crippen LogP contribution >= 0.6 is 15.6 Å². The molecule has 1 amide bonds. The number of rotatable bonds is 9. The Labute approximate surface area is 342 Å². The summed E-state index contributed by atoms with van der Waals surface area (Å²) in [6.45, 7) is 0.231. The van der Waals surface area contributed by atoms with Gasteiger partial charge in [0.05, 0.1) is 18.4 Å². The molecule has 7 N–H and O–H groups in total. The Morgan fingerprint density at radius 1 is 0.933 bits per heavy atom. The van der Waals surface area contributed by atoms with Crippen LogP contribution in [0.25, 0.3) is 11.2 Å². The maximum atomic E-state index is 12.3. The Bertz CT molecular complexity index is 1530. The molecule has 3 rings (SSSR count). The number of anilines is 2. The molecule has 0 saturated carbocycles. The van der Waals surface area contributed by atoms with Crippen molar-refractivity contribution in [2.45, 2.75) is 25.4 Å². The first-order chi connectivity index (χ1) is 19.2. The summed E-state index contributed by atoms with van der Waals surface area (Å²) in [6.07, 6.45) is 0.840. The average molecular weight is 752 g/mol. The molecule has 26 heteroatoms. The maximum absolute atomic E-state index is 12.3. The molecule has 230 valence electrons. The molecule has 0 spiro atoms. The van der Waals surface area contributed by atoms with Crippen LogP contribution in [0.1, 0.15) is 28.9 Å². The molecule has 0 saturated heterocycles. The Morgan fingerprint density at radius 3 is 1.91 bits per heavy atom. The van der Waals surface area contributed by atoms with E-state index in [-0.39, 0.29) is 155 Å². The molecule has 0 bridgehead atoms. The minimum absolute atomic E-state index is 0. The van der Waals surface area contributed by atoms with E-state index in [1.807, 2.05) is 0 Å². The second kappa shape index (κ2) is 22.9. The molecule has 0 aliphatic rings. The van der Waals surface area contributed by atoms with E-state index in [1.54, 1.807) is 12.1 Å². The molecule has 3 aromatic rings. The van der Waals surface area contributed by atoms with Crippen molar-refractivity contribution in [3.63, 3.8) is 0 Å². The van der Waals surface area contributed by atoms with Crippen LogP contribution in [0.4, 0.5) is 11.6 Å². The van der Waals surface area contributed by atoms with Gasteiger partial charge < -0.3 is 65.1 Å². The SMILES string of the molecule is Nc1nc2ncc(CNc3ccc(C(=O)NC(CCC(=O)O)C(=O)O)cc3)nc2c(=O)[nH]1.O=P([O-])([O-])[O-].O=P([O-])([O-])[O-].[Ca+2].[Ca+2].[Ca+2]. The van der Waals surface area contributed by atoms with Gasteiger partial charge in [-0.15, -0.1) is 0 Å². The smallest absolute Gasteiger partial charge is 0.822 e. The van der Waals surface area contributed by atoms with Crippen molar-refractivity contribution in [2.24, 2.45) is 0 Å². The molecular formula is C19H19Ca3N7O14P2. The van der Waals surface area contributed by atoms with Crippen LogP contribution in [0.5, 0.6) is 0 Å². The van der Waals surface area contributed by atoms with Crippen molar-refractivity contribution in [1.82, 2.24) is 25.3 Å². The van der Waals surface area contributed by atoms with Crippen molar-refractivity contribution in [1.29, 1.82) is 0 Å². The largest absolute Gasteiger partial charge is 2.00 e. The third kappa shape index (κ3) is 23.4. The first-order valence-corrected chi connectivity index (χ1v) is 13.7. The molecule has 0 aliphatic heterocycles. The fraction of sp³-hybridized carbons (Fsp3) is 0.211. The van der Waals surface area contributed by atoms with Crippen LogP contribution in [-0.2, 0) is 25.3 Å². The number of carboxylic acid groups (broad SMARTS) is 2. The number of aliphatic carboxylic acids is 2. The van der Waals surface area contributed by atoms with Gasteiger partial charge in [-0.2, -0.15) is 20.6 Å². The number of phosphoric acid groups is 2. The summed E-state index contributed by atoms with van der Waals surface area (Å²) in [6, 6.07) is 4.86. The predicted molar refractivity (Wildman–Crippen MR) is 144 cm³/mol. The van der Waals surface area contributed by atoms with E-state index in [2.05, 4.69) is 30.6 Å². The molecule has 0 radical (unpaired) electrons. The van der Waals surface area contributed by atoms with Gasteiger partial charge in [-0.25, -0.2) is 14.8 Å². The van der Waals surface area contributed by atoms with Gasteiger partial charge in [-0.3, -0.25) is 19.4 Å². The minimum atomic E-state index is -5.39. The van der Waals surface area contributed by atoms with Gasteiger partial charge in [0.15, 0.2) is 11.2 Å². The average Bonchev–Trinajstić information content (AvgIpc) is 2.83. The van der Waals surface area contributed by atoms with E-state index >= 15 is 0 Å². The number of aromatic amines is 1. The number of carboxylic acids is 2. The minimum Gasteiger partial charge on any atom is -0.822 e. The number of nitrogens with two attached hydrogens (primary N) is 1. The summed E-state index contributed by atoms with van der Waals surface area (Å²) in [4.78, 5) is 112. The second-order valence-electron chi connectivity index (χ2n) is 7.61. The summed E-state index contributed by atoms with van der Waals surface area (Å²) in [7, 11) is -10.8.